The number of anilines is 1. The summed E-state index contributed by atoms with van der Waals surface area (Å²) in [6.45, 7) is 2.49. The molecule has 0 fully saturated rings. The number of nitrogens with one attached hydrogen (secondary N) is 1. The maximum Gasteiger partial charge on any atom is 0.405 e. The SMILES string of the molecule is Cc1cc(C)c(NCC(F)(F)F)c(Cl)c1. The zero-order valence-electron chi connectivity index (χ0n) is 8.37. The third kappa shape index (κ3) is 3.63. The maximum absolute atomic E-state index is 12.0. The lowest BCUT2D eigenvalue weighted by molar-refractivity contribution is -0.115. The molecule has 1 N–H and O–H groups in total. The van der Waals surface area contributed by atoms with Crippen LogP contribution in [0.25, 0.3) is 0 Å². The number of rotatable bonds is 2. The highest BCUT2D eigenvalue weighted by Crippen LogP contribution is 2.28. The maximum atomic E-state index is 12.0. The number of halogens is 4. The van der Waals surface area contributed by atoms with Gasteiger partial charge in [0.05, 0.1) is 10.7 Å². The Morgan fingerprint density at radius 1 is 1.27 bits per heavy atom. The standard InChI is InChI=1S/C10H11ClF3N/c1-6-3-7(2)9(8(11)4-6)15-5-10(12,13)14/h3-4,15H,5H2,1-2H3. The summed E-state index contributed by atoms with van der Waals surface area (Å²) in [6, 6.07) is 3.41. The fourth-order valence-corrected chi connectivity index (χ4v) is 1.72. The summed E-state index contributed by atoms with van der Waals surface area (Å²) in [5.74, 6) is 0. The van der Waals surface area contributed by atoms with Crippen molar-refractivity contribution in [2.24, 2.45) is 0 Å². The minimum absolute atomic E-state index is 0.316. The molecule has 0 radical (unpaired) electrons. The average molecular weight is 238 g/mol. The fraction of sp³-hybridized carbons (Fsp3) is 0.400. The van der Waals surface area contributed by atoms with Crippen LogP contribution in [0.2, 0.25) is 5.02 Å². The van der Waals surface area contributed by atoms with Gasteiger partial charge in [0.15, 0.2) is 0 Å². The summed E-state index contributed by atoms with van der Waals surface area (Å²) in [5.41, 5.74) is 1.99. The second-order valence-corrected chi connectivity index (χ2v) is 3.81. The molecule has 0 aromatic heterocycles. The van der Waals surface area contributed by atoms with Gasteiger partial charge in [-0.05, 0) is 31.0 Å². The molecule has 0 saturated carbocycles. The average Bonchev–Trinajstić information content (AvgIpc) is 1.99. The van der Waals surface area contributed by atoms with E-state index in [9.17, 15) is 13.2 Å². The number of aryl methyl sites for hydroxylation is 2. The van der Waals surface area contributed by atoms with E-state index in [-0.39, 0.29) is 0 Å². The van der Waals surface area contributed by atoms with Crippen LogP contribution in [0.15, 0.2) is 12.1 Å². The molecule has 1 nitrogen and oxygen atoms in total. The molecule has 0 aliphatic heterocycles. The second kappa shape index (κ2) is 4.31. The van der Waals surface area contributed by atoms with Gasteiger partial charge in [-0.1, -0.05) is 17.7 Å². The smallest absolute Gasteiger partial charge is 0.375 e. The van der Waals surface area contributed by atoms with Gasteiger partial charge < -0.3 is 5.32 Å². The fourth-order valence-electron chi connectivity index (χ4n) is 1.33. The van der Waals surface area contributed by atoms with Gasteiger partial charge in [-0.3, -0.25) is 0 Å². The molecule has 1 rings (SSSR count). The summed E-state index contributed by atoms with van der Waals surface area (Å²) in [5, 5.41) is 2.61. The van der Waals surface area contributed by atoms with Crippen LogP contribution in [0.1, 0.15) is 11.1 Å². The highest BCUT2D eigenvalue weighted by molar-refractivity contribution is 6.33. The van der Waals surface area contributed by atoms with E-state index in [1.807, 2.05) is 6.92 Å². The molecule has 1 aromatic rings. The van der Waals surface area contributed by atoms with Gasteiger partial charge >= 0.3 is 6.18 Å². The minimum atomic E-state index is -4.24. The number of hydrogen-bond donors (Lipinski definition) is 1. The van der Waals surface area contributed by atoms with Crippen LogP contribution >= 0.6 is 11.6 Å². The molecule has 0 bridgehead atoms. The Kier molecular flexibility index (Phi) is 3.50. The van der Waals surface area contributed by atoms with E-state index in [0.717, 1.165) is 5.56 Å². The van der Waals surface area contributed by atoms with Crippen molar-refractivity contribution in [2.75, 3.05) is 11.9 Å². The molecule has 0 heterocycles. The number of alkyl halides is 3. The molecule has 0 atom stereocenters. The van der Waals surface area contributed by atoms with E-state index in [0.29, 0.717) is 16.3 Å². The van der Waals surface area contributed by atoms with E-state index in [4.69, 9.17) is 11.6 Å². The number of benzene rings is 1. The largest absolute Gasteiger partial charge is 0.405 e. The van der Waals surface area contributed by atoms with Gasteiger partial charge in [0.2, 0.25) is 0 Å². The zero-order valence-corrected chi connectivity index (χ0v) is 9.13. The Morgan fingerprint density at radius 2 is 1.87 bits per heavy atom. The van der Waals surface area contributed by atoms with Crippen LogP contribution in [0.3, 0.4) is 0 Å². The Balaban J connectivity index is 2.86. The Bertz CT molecular complexity index is 337. The van der Waals surface area contributed by atoms with Crippen LogP contribution < -0.4 is 5.32 Å². The van der Waals surface area contributed by atoms with Crippen molar-refractivity contribution in [1.29, 1.82) is 0 Å². The van der Waals surface area contributed by atoms with Gasteiger partial charge in [-0.25, -0.2) is 0 Å². The van der Waals surface area contributed by atoms with E-state index in [1.165, 1.54) is 0 Å². The second-order valence-electron chi connectivity index (χ2n) is 3.41. The number of hydrogen-bond acceptors (Lipinski definition) is 1. The van der Waals surface area contributed by atoms with E-state index in [1.54, 1.807) is 19.1 Å². The van der Waals surface area contributed by atoms with Crippen LogP contribution in [0, 0.1) is 13.8 Å². The highest BCUT2D eigenvalue weighted by atomic mass is 35.5. The van der Waals surface area contributed by atoms with E-state index >= 15 is 0 Å². The Hall–Kier alpha value is -0.900. The van der Waals surface area contributed by atoms with Crippen molar-refractivity contribution < 1.29 is 13.2 Å². The first kappa shape index (κ1) is 12.2. The first-order valence-electron chi connectivity index (χ1n) is 4.37. The molecule has 84 valence electrons. The van der Waals surface area contributed by atoms with Crippen LogP contribution in [0.4, 0.5) is 18.9 Å². The van der Waals surface area contributed by atoms with Crippen molar-refractivity contribution in [2.45, 2.75) is 20.0 Å². The van der Waals surface area contributed by atoms with Crippen molar-refractivity contribution in [3.05, 3.63) is 28.3 Å². The summed E-state index contributed by atoms with van der Waals surface area (Å²) in [7, 11) is 0. The predicted octanol–water partition coefficient (Wildman–Crippen LogP) is 3.93. The molecular formula is C10H11ClF3N. The monoisotopic (exact) mass is 237 g/mol. The molecular weight excluding hydrogens is 227 g/mol. The summed E-state index contributed by atoms with van der Waals surface area (Å²) in [6.07, 6.45) is -4.24. The van der Waals surface area contributed by atoms with Gasteiger partial charge in [-0.2, -0.15) is 13.2 Å². The molecule has 1 aromatic carbocycles. The molecule has 15 heavy (non-hydrogen) atoms. The first-order valence-corrected chi connectivity index (χ1v) is 4.75. The predicted molar refractivity (Wildman–Crippen MR) is 55.5 cm³/mol. The van der Waals surface area contributed by atoms with Crippen LogP contribution in [-0.4, -0.2) is 12.7 Å². The lowest BCUT2D eigenvalue weighted by atomic mass is 10.1. The highest BCUT2D eigenvalue weighted by Gasteiger charge is 2.27. The van der Waals surface area contributed by atoms with Crippen LogP contribution in [0.5, 0.6) is 0 Å². The normalized spacial score (nSPS) is 11.6. The summed E-state index contributed by atoms with van der Waals surface area (Å²) in [4.78, 5) is 0. The van der Waals surface area contributed by atoms with Gasteiger partial charge in [0.1, 0.15) is 6.54 Å². The summed E-state index contributed by atoms with van der Waals surface area (Å²) < 4.78 is 35.9. The molecule has 5 heteroatoms. The van der Waals surface area contributed by atoms with Crippen molar-refractivity contribution >= 4 is 17.3 Å². The summed E-state index contributed by atoms with van der Waals surface area (Å²) >= 11 is 5.83. The van der Waals surface area contributed by atoms with Crippen molar-refractivity contribution in [1.82, 2.24) is 0 Å². The first-order chi connectivity index (χ1) is 6.79. The molecule has 0 unspecified atom stereocenters. The Labute approximate surface area is 91.2 Å². The molecule has 0 amide bonds. The molecule has 0 aliphatic carbocycles. The lowest BCUT2D eigenvalue weighted by Crippen LogP contribution is -2.21. The van der Waals surface area contributed by atoms with E-state index in [2.05, 4.69) is 5.32 Å². The minimum Gasteiger partial charge on any atom is -0.375 e. The van der Waals surface area contributed by atoms with Crippen molar-refractivity contribution in [3.8, 4) is 0 Å². The quantitative estimate of drug-likeness (QED) is 0.822. The van der Waals surface area contributed by atoms with Crippen LogP contribution in [-0.2, 0) is 0 Å². The zero-order chi connectivity index (χ0) is 11.6. The molecule has 0 saturated heterocycles. The Morgan fingerprint density at radius 3 is 2.33 bits per heavy atom. The van der Waals surface area contributed by atoms with Gasteiger partial charge in [0.25, 0.3) is 0 Å². The molecule has 0 spiro atoms. The lowest BCUT2D eigenvalue weighted by Gasteiger charge is -2.14. The molecule has 0 aliphatic rings. The third-order valence-corrected chi connectivity index (χ3v) is 2.20. The van der Waals surface area contributed by atoms with Gasteiger partial charge in [-0.15, -0.1) is 0 Å². The van der Waals surface area contributed by atoms with Crippen molar-refractivity contribution in [3.63, 3.8) is 0 Å². The van der Waals surface area contributed by atoms with Gasteiger partial charge in [0, 0.05) is 0 Å². The van der Waals surface area contributed by atoms with E-state index < -0.39 is 12.7 Å². The third-order valence-electron chi connectivity index (χ3n) is 1.90. The topological polar surface area (TPSA) is 12.0 Å².